The molecule has 0 spiro atoms. The van der Waals surface area contributed by atoms with Crippen molar-refractivity contribution in [1.29, 1.82) is 0 Å². The molecule has 0 aliphatic rings. The predicted molar refractivity (Wildman–Crippen MR) is 182 cm³/mol. The maximum absolute atomic E-state index is 6.48. The zero-order chi connectivity index (χ0) is 29.0. The van der Waals surface area contributed by atoms with E-state index in [-0.39, 0.29) is 0 Å². The van der Waals surface area contributed by atoms with Crippen LogP contribution in [0.2, 0.25) is 0 Å². The Kier molecular flexibility index (Phi) is 5.64. The van der Waals surface area contributed by atoms with Gasteiger partial charge < -0.3 is 4.42 Å². The Balaban J connectivity index is 1.20. The van der Waals surface area contributed by atoms with Gasteiger partial charge in [0.1, 0.15) is 11.2 Å². The summed E-state index contributed by atoms with van der Waals surface area (Å²) in [5.41, 5.74) is 6.75. The lowest BCUT2D eigenvalue weighted by molar-refractivity contribution is 0.669. The van der Waals surface area contributed by atoms with Crippen molar-refractivity contribution in [2.24, 2.45) is 0 Å². The highest BCUT2D eigenvalue weighted by molar-refractivity contribution is 7.25. The summed E-state index contributed by atoms with van der Waals surface area (Å²) in [5.74, 6) is 1.88. The van der Waals surface area contributed by atoms with E-state index in [1.807, 2.05) is 84.1 Å². The van der Waals surface area contributed by atoms with Gasteiger partial charge in [0, 0.05) is 47.6 Å². The van der Waals surface area contributed by atoms with Crippen LogP contribution in [-0.2, 0) is 0 Å². The Morgan fingerprint density at radius 2 is 1.05 bits per heavy atom. The van der Waals surface area contributed by atoms with Crippen molar-refractivity contribution in [2.75, 3.05) is 0 Å². The fraction of sp³-hybridized carbons (Fsp3) is 0. The normalized spacial score (nSPS) is 11.6. The number of hydrogen-bond acceptors (Lipinski definition) is 5. The summed E-state index contributed by atoms with van der Waals surface area (Å²) in [4.78, 5) is 14.7. The number of thiophene rings is 1. The van der Waals surface area contributed by atoms with Crippen LogP contribution in [0.3, 0.4) is 0 Å². The van der Waals surface area contributed by atoms with Crippen molar-refractivity contribution < 1.29 is 4.42 Å². The van der Waals surface area contributed by atoms with Gasteiger partial charge in [-0.25, -0.2) is 15.0 Å². The molecule has 0 amide bonds. The highest BCUT2D eigenvalue weighted by Gasteiger charge is 2.17. The predicted octanol–water partition coefficient (Wildman–Crippen LogP) is 10.8. The number of aromatic nitrogens is 3. The molecule has 0 N–H and O–H groups in total. The molecule has 0 aliphatic heterocycles. The van der Waals surface area contributed by atoms with Crippen molar-refractivity contribution in [1.82, 2.24) is 15.0 Å². The molecule has 0 atom stereocenters. The van der Waals surface area contributed by atoms with Crippen molar-refractivity contribution in [3.05, 3.63) is 140 Å². The fourth-order valence-corrected chi connectivity index (χ4v) is 7.12. The van der Waals surface area contributed by atoms with Crippen LogP contribution < -0.4 is 0 Å². The third kappa shape index (κ3) is 4.09. The molecule has 0 radical (unpaired) electrons. The minimum absolute atomic E-state index is 0.607. The summed E-state index contributed by atoms with van der Waals surface area (Å²) in [5, 5.41) is 4.76. The Labute approximate surface area is 256 Å². The molecule has 4 nitrogen and oxygen atoms in total. The first-order valence-electron chi connectivity index (χ1n) is 14.5. The molecular weight excluding hydrogens is 559 g/mol. The molecule has 0 unspecified atom stereocenters. The maximum atomic E-state index is 6.48. The third-order valence-corrected chi connectivity index (χ3v) is 9.29. The summed E-state index contributed by atoms with van der Waals surface area (Å²) in [7, 11) is 0. The molecule has 0 bridgehead atoms. The van der Waals surface area contributed by atoms with Crippen LogP contribution in [0, 0.1) is 0 Å². The van der Waals surface area contributed by atoms with Crippen LogP contribution in [-0.4, -0.2) is 15.0 Å². The van der Waals surface area contributed by atoms with E-state index in [2.05, 4.69) is 66.7 Å². The molecule has 44 heavy (non-hydrogen) atoms. The van der Waals surface area contributed by atoms with Gasteiger partial charge in [0.05, 0.1) is 0 Å². The Morgan fingerprint density at radius 1 is 0.409 bits per heavy atom. The molecule has 3 aromatic heterocycles. The highest BCUT2D eigenvalue weighted by atomic mass is 32.1. The SMILES string of the molecule is c1ccc(-c2nc(-c3ccccc3)nc(-c3ccc4c(c3)oc3cccc(-c5ccc6sc7ccccc7c6c5)c34)n2)cc1. The minimum Gasteiger partial charge on any atom is -0.456 e. The second-order valence-electron chi connectivity index (χ2n) is 10.8. The van der Waals surface area contributed by atoms with Crippen LogP contribution in [0.4, 0.5) is 0 Å². The Bertz CT molecular complexity index is 2440. The van der Waals surface area contributed by atoms with Crippen LogP contribution >= 0.6 is 11.3 Å². The fourth-order valence-electron chi connectivity index (χ4n) is 6.04. The minimum atomic E-state index is 0.607. The summed E-state index contributed by atoms with van der Waals surface area (Å²) < 4.78 is 9.09. The smallest absolute Gasteiger partial charge is 0.164 e. The van der Waals surface area contributed by atoms with Gasteiger partial charge in [-0.3, -0.25) is 0 Å². The van der Waals surface area contributed by atoms with Gasteiger partial charge in [0.15, 0.2) is 17.5 Å². The molecule has 3 heterocycles. The van der Waals surface area contributed by atoms with E-state index in [1.54, 1.807) is 0 Å². The number of fused-ring (bicyclic) bond motifs is 6. The van der Waals surface area contributed by atoms with Crippen molar-refractivity contribution >= 4 is 53.4 Å². The van der Waals surface area contributed by atoms with Crippen LogP contribution in [0.25, 0.3) is 87.4 Å². The molecular formula is C39H23N3OS. The van der Waals surface area contributed by atoms with E-state index in [0.29, 0.717) is 17.5 Å². The second-order valence-corrected chi connectivity index (χ2v) is 11.9. The summed E-state index contributed by atoms with van der Waals surface area (Å²) >= 11 is 1.84. The number of rotatable bonds is 4. The highest BCUT2D eigenvalue weighted by Crippen LogP contribution is 2.41. The number of furan rings is 1. The molecule has 0 aliphatic carbocycles. The topological polar surface area (TPSA) is 51.8 Å². The van der Waals surface area contributed by atoms with E-state index < -0.39 is 0 Å². The van der Waals surface area contributed by atoms with Crippen molar-refractivity contribution in [3.63, 3.8) is 0 Å². The first-order chi connectivity index (χ1) is 21.8. The molecule has 206 valence electrons. The van der Waals surface area contributed by atoms with Gasteiger partial charge in [-0.15, -0.1) is 11.3 Å². The lowest BCUT2D eigenvalue weighted by Crippen LogP contribution is -2.00. The zero-order valence-corrected chi connectivity index (χ0v) is 24.3. The largest absolute Gasteiger partial charge is 0.456 e. The average molecular weight is 582 g/mol. The van der Waals surface area contributed by atoms with E-state index in [1.165, 1.54) is 25.7 Å². The monoisotopic (exact) mass is 581 g/mol. The van der Waals surface area contributed by atoms with E-state index in [4.69, 9.17) is 19.4 Å². The quantitative estimate of drug-likeness (QED) is 0.207. The lowest BCUT2D eigenvalue weighted by Gasteiger charge is -2.08. The first-order valence-corrected chi connectivity index (χ1v) is 15.3. The van der Waals surface area contributed by atoms with Gasteiger partial charge >= 0.3 is 0 Å². The number of hydrogen-bond donors (Lipinski definition) is 0. The lowest BCUT2D eigenvalue weighted by atomic mass is 9.97. The molecule has 5 heteroatoms. The van der Waals surface area contributed by atoms with Gasteiger partial charge in [0.2, 0.25) is 0 Å². The maximum Gasteiger partial charge on any atom is 0.164 e. The van der Waals surface area contributed by atoms with E-state index in [0.717, 1.165) is 44.2 Å². The van der Waals surface area contributed by atoms with Crippen LogP contribution in [0.15, 0.2) is 144 Å². The average Bonchev–Trinajstić information content (AvgIpc) is 3.66. The summed E-state index contributed by atoms with van der Waals surface area (Å²) in [6.07, 6.45) is 0. The molecule has 0 saturated heterocycles. The van der Waals surface area contributed by atoms with Crippen molar-refractivity contribution in [2.45, 2.75) is 0 Å². The molecule has 0 saturated carbocycles. The Morgan fingerprint density at radius 3 is 1.80 bits per heavy atom. The summed E-state index contributed by atoms with van der Waals surface area (Å²) in [6, 6.07) is 48.0. The van der Waals surface area contributed by atoms with Crippen LogP contribution in [0.5, 0.6) is 0 Å². The van der Waals surface area contributed by atoms with E-state index >= 15 is 0 Å². The summed E-state index contributed by atoms with van der Waals surface area (Å²) in [6.45, 7) is 0. The molecule has 9 rings (SSSR count). The van der Waals surface area contributed by atoms with Gasteiger partial charge in [-0.1, -0.05) is 103 Å². The van der Waals surface area contributed by atoms with Crippen molar-refractivity contribution in [3.8, 4) is 45.3 Å². The molecule has 9 aromatic rings. The van der Waals surface area contributed by atoms with Gasteiger partial charge in [0.25, 0.3) is 0 Å². The zero-order valence-electron chi connectivity index (χ0n) is 23.4. The number of benzene rings is 6. The first kappa shape index (κ1) is 24.9. The second kappa shape index (κ2) is 9.97. The Hall–Kier alpha value is -5.65. The van der Waals surface area contributed by atoms with Crippen LogP contribution in [0.1, 0.15) is 0 Å². The van der Waals surface area contributed by atoms with Gasteiger partial charge in [-0.05, 0) is 47.5 Å². The number of nitrogens with zero attached hydrogens (tertiary/aromatic N) is 3. The van der Waals surface area contributed by atoms with Gasteiger partial charge in [-0.2, -0.15) is 0 Å². The molecule has 0 fully saturated rings. The molecule has 6 aromatic carbocycles. The standard InChI is InChI=1S/C39H23N3OS/c1-3-10-24(11-4-1)37-40-38(25-12-5-2-6-13-25)42-39(41-37)27-18-20-30-33(23-27)43-32-16-9-15-28(36(30)32)26-19-21-35-31(22-26)29-14-7-8-17-34(29)44-35/h1-23H. The van der Waals surface area contributed by atoms with E-state index in [9.17, 15) is 0 Å². The third-order valence-electron chi connectivity index (χ3n) is 8.14.